The van der Waals surface area contributed by atoms with Crippen molar-refractivity contribution in [2.45, 2.75) is 33.9 Å². The van der Waals surface area contributed by atoms with Crippen LogP contribution in [0.4, 0.5) is 5.95 Å². The van der Waals surface area contributed by atoms with Crippen LogP contribution >= 0.6 is 0 Å². The van der Waals surface area contributed by atoms with Crippen LogP contribution in [0.2, 0.25) is 0 Å². The Hall–Kier alpha value is -2.10. The minimum atomic E-state index is -0.374. The summed E-state index contributed by atoms with van der Waals surface area (Å²) >= 11 is 0. The van der Waals surface area contributed by atoms with E-state index in [9.17, 15) is 4.79 Å². The highest BCUT2D eigenvalue weighted by Crippen LogP contribution is 2.19. The summed E-state index contributed by atoms with van der Waals surface area (Å²) in [6.07, 6.45) is 1.80. The lowest BCUT2D eigenvalue weighted by molar-refractivity contribution is -0.644. The predicted molar refractivity (Wildman–Crippen MR) is 81.2 cm³/mol. The molecule has 106 valence electrons. The number of allylic oxidation sites excluding steroid dienone is 1. The summed E-state index contributed by atoms with van der Waals surface area (Å²) in [5.41, 5.74) is 7.84. The van der Waals surface area contributed by atoms with Gasteiger partial charge in [0.2, 0.25) is 0 Å². The number of Topliss-reactive ketones (excluding diaryl/α,β-unsaturated/α-hetero) is 1. The zero-order chi connectivity index (χ0) is 14.9. The van der Waals surface area contributed by atoms with E-state index in [1.165, 1.54) is 0 Å². The number of hydrogen-bond donors (Lipinski definition) is 1. The van der Waals surface area contributed by atoms with E-state index >= 15 is 0 Å². The molecule has 1 aromatic carbocycles. The second-order valence-electron chi connectivity index (χ2n) is 6.01. The van der Waals surface area contributed by atoms with Gasteiger partial charge in [0.1, 0.15) is 17.6 Å². The predicted octanol–water partition coefficient (Wildman–Crippen LogP) is 2.31. The fourth-order valence-electron chi connectivity index (χ4n) is 2.18. The largest absolute Gasteiger partial charge is 0.356 e. The number of ketones is 1. The molecule has 20 heavy (non-hydrogen) atoms. The Morgan fingerprint density at radius 1 is 1.40 bits per heavy atom. The van der Waals surface area contributed by atoms with Crippen LogP contribution in [0.3, 0.4) is 0 Å². The molecule has 0 saturated carbocycles. The molecule has 1 heterocycles. The van der Waals surface area contributed by atoms with Crippen molar-refractivity contribution in [3.05, 3.63) is 36.9 Å². The Morgan fingerprint density at radius 2 is 2.05 bits per heavy atom. The summed E-state index contributed by atoms with van der Waals surface area (Å²) in [6.45, 7) is 10.5. The van der Waals surface area contributed by atoms with Gasteiger partial charge >= 0.3 is 5.95 Å². The Kier molecular flexibility index (Phi) is 3.66. The molecule has 0 aliphatic rings. The van der Waals surface area contributed by atoms with E-state index in [4.69, 9.17) is 5.73 Å². The summed E-state index contributed by atoms with van der Waals surface area (Å²) < 4.78 is 3.85. The molecular formula is C16H22N3O+. The number of anilines is 1. The maximum Gasteiger partial charge on any atom is 0.356 e. The fourth-order valence-corrected chi connectivity index (χ4v) is 2.18. The number of nitrogens with zero attached hydrogens (tertiary/aromatic N) is 2. The smallest absolute Gasteiger partial charge is 0.295 e. The summed E-state index contributed by atoms with van der Waals surface area (Å²) in [7, 11) is 0. The van der Waals surface area contributed by atoms with Crippen molar-refractivity contribution in [1.29, 1.82) is 0 Å². The molecule has 4 nitrogen and oxygen atoms in total. The molecule has 0 spiro atoms. The number of nitrogens with two attached hydrogens (primary N) is 1. The van der Waals surface area contributed by atoms with Crippen LogP contribution in [-0.4, -0.2) is 10.4 Å². The third-order valence-electron chi connectivity index (χ3n) is 3.47. The van der Waals surface area contributed by atoms with Crippen molar-refractivity contribution in [2.24, 2.45) is 5.41 Å². The average Bonchev–Trinajstić information content (AvgIpc) is 2.64. The number of rotatable bonds is 4. The van der Waals surface area contributed by atoms with Crippen molar-refractivity contribution >= 4 is 22.8 Å². The van der Waals surface area contributed by atoms with E-state index in [2.05, 4.69) is 6.58 Å². The lowest BCUT2D eigenvalue weighted by Crippen LogP contribution is -2.43. The molecule has 2 aromatic rings. The zero-order valence-electron chi connectivity index (χ0n) is 12.4. The number of fused-ring (bicyclic) bond motifs is 1. The van der Waals surface area contributed by atoms with Gasteiger partial charge in [-0.05, 0) is 12.1 Å². The lowest BCUT2D eigenvalue weighted by atomic mass is 9.91. The van der Waals surface area contributed by atoms with E-state index in [-0.39, 0.29) is 11.2 Å². The fraction of sp³-hybridized carbons (Fsp3) is 0.375. The second-order valence-corrected chi connectivity index (χ2v) is 6.01. The van der Waals surface area contributed by atoms with E-state index in [0.29, 0.717) is 19.0 Å². The topological polar surface area (TPSA) is 51.9 Å². The monoisotopic (exact) mass is 272 g/mol. The molecule has 0 atom stereocenters. The number of imidazole rings is 1. The molecule has 4 heteroatoms. The van der Waals surface area contributed by atoms with Crippen LogP contribution in [0.5, 0.6) is 0 Å². The summed E-state index contributed by atoms with van der Waals surface area (Å²) in [6, 6.07) is 7.92. The third kappa shape index (κ3) is 2.46. The number of para-hydroxylation sites is 2. The van der Waals surface area contributed by atoms with E-state index in [1.807, 2.05) is 54.2 Å². The molecule has 2 rings (SSSR count). The van der Waals surface area contributed by atoms with Crippen molar-refractivity contribution in [1.82, 2.24) is 4.57 Å². The number of aromatic nitrogens is 2. The van der Waals surface area contributed by atoms with Gasteiger partial charge in [0, 0.05) is 5.41 Å². The molecule has 0 unspecified atom stereocenters. The van der Waals surface area contributed by atoms with Gasteiger partial charge in [0.05, 0.1) is 6.54 Å². The highest BCUT2D eigenvalue weighted by Gasteiger charge is 2.27. The SMILES string of the molecule is C=CCn1c(N)[n+](CC(=O)C(C)(C)C)c2ccccc21. The van der Waals surface area contributed by atoms with Crippen LogP contribution in [-0.2, 0) is 17.9 Å². The first-order valence-corrected chi connectivity index (χ1v) is 6.77. The number of carbonyl (C=O) groups excluding carboxylic acids is 1. The van der Waals surface area contributed by atoms with Crippen LogP contribution in [0, 0.1) is 5.41 Å². The number of carbonyl (C=O) groups is 1. The Bertz CT molecular complexity index is 662. The van der Waals surface area contributed by atoms with Gasteiger partial charge in [0.25, 0.3) is 0 Å². The maximum atomic E-state index is 12.3. The molecule has 0 bridgehead atoms. The quantitative estimate of drug-likeness (QED) is 0.686. The number of nitrogen functional groups attached to an aromatic ring is 1. The first-order chi connectivity index (χ1) is 9.36. The van der Waals surface area contributed by atoms with E-state index < -0.39 is 0 Å². The molecule has 2 N–H and O–H groups in total. The second kappa shape index (κ2) is 5.12. The maximum absolute atomic E-state index is 12.3. The van der Waals surface area contributed by atoms with Gasteiger partial charge in [0.15, 0.2) is 5.78 Å². The third-order valence-corrected chi connectivity index (χ3v) is 3.47. The standard InChI is InChI=1S/C16H21N3O/c1-5-10-18-12-8-6-7-9-13(12)19(15(18)17)11-14(20)16(2,3)4/h5-9,17H,1,10-11H2,2-4H3/p+1. The molecule has 0 aliphatic heterocycles. The Morgan fingerprint density at radius 3 is 2.65 bits per heavy atom. The minimum absolute atomic E-state index is 0.163. The van der Waals surface area contributed by atoms with Gasteiger partial charge in [-0.15, -0.1) is 0 Å². The van der Waals surface area contributed by atoms with Crippen LogP contribution in [0.25, 0.3) is 11.0 Å². The molecule has 0 radical (unpaired) electrons. The minimum Gasteiger partial charge on any atom is -0.295 e. The van der Waals surface area contributed by atoms with Gasteiger partial charge in [-0.25, -0.2) is 9.13 Å². The van der Waals surface area contributed by atoms with Crippen molar-refractivity contribution in [3.63, 3.8) is 0 Å². The molecule has 0 amide bonds. The zero-order valence-corrected chi connectivity index (χ0v) is 12.4. The molecular weight excluding hydrogens is 250 g/mol. The number of hydrogen-bond acceptors (Lipinski definition) is 2. The van der Waals surface area contributed by atoms with Crippen molar-refractivity contribution < 1.29 is 9.36 Å². The molecule has 0 fully saturated rings. The molecule has 0 aliphatic carbocycles. The first-order valence-electron chi connectivity index (χ1n) is 6.77. The van der Waals surface area contributed by atoms with Crippen LogP contribution in [0.15, 0.2) is 36.9 Å². The lowest BCUT2D eigenvalue weighted by Gasteiger charge is -2.15. The van der Waals surface area contributed by atoms with Gasteiger partial charge in [-0.3, -0.25) is 10.5 Å². The van der Waals surface area contributed by atoms with Crippen LogP contribution in [0.1, 0.15) is 20.8 Å². The summed E-state index contributed by atoms with van der Waals surface area (Å²) in [5, 5.41) is 0. The Labute approximate surface area is 119 Å². The van der Waals surface area contributed by atoms with Gasteiger partial charge < -0.3 is 0 Å². The average molecular weight is 272 g/mol. The molecule has 1 aromatic heterocycles. The summed E-state index contributed by atoms with van der Waals surface area (Å²) in [4.78, 5) is 12.3. The van der Waals surface area contributed by atoms with E-state index in [1.54, 1.807) is 6.08 Å². The van der Waals surface area contributed by atoms with E-state index in [0.717, 1.165) is 11.0 Å². The van der Waals surface area contributed by atoms with Crippen LogP contribution < -0.4 is 10.3 Å². The number of benzene rings is 1. The highest BCUT2D eigenvalue weighted by atomic mass is 16.1. The van der Waals surface area contributed by atoms with Gasteiger partial charge in [-0.1, -0.05) is 45.6 Å². The van der Waals surface area contributed by atoms with Crippen molar-refractivity contribution in [2.75, 3.05) is 5.73 Å². The Balaban J connectivity index is 2.56. The highest BCUT2D eigenvalue weighted by molar-refractivity contribution is 5.83. The molecule has 0 saturated heterocycles. The normalized spacial score (nSPS) is 11.8. The summed E-state index contributed by atoms with van der Waals surface area (Å²) in [5.74, 6) is 0.749. The van der Waals surface area contributed by atoms with Gasteiger partial charge in [-0.2, -0.15) is 0 Å². The van der Waals surface area contributed by atoms with Crippen molar-refractivity contribution in [3.8, 4) is 0 Å². The first kappa shape index (κ1) is 14.3.